The molecule has 1 aromatic rings. The quantitative estimate of drug-likeness (QED) is 0.699. The van der Waals surface area contributed by atoms with Crippen LogP contribution in [0, 0.1) is 6.92 Å². The maximum absolute atomic E-state index is 12.0. The van der Waals surface area contributed by atoms with E-state index in [1.54, 1.807) is 6.07 Å². The highest BCUT2D eigenvalue weighted by Crippen LogP contribution is 2.22. The van der Waals surface area contributed by atoms with Crippen LogP contribution in [0.4, 0.5) is 0 Å². The number of aliphatic carboxylic acids is 1. The second-order valence-electron chi connectivity index (χ2n) is 4.48. The van der Waals surface area contributed by atoms with Crippen LogP contribution in [0.2, 0.25) is 0 Å². The molecule has 1 aromatic heterocycles. The Morgan fingerprint density at radius 2 is 2.10 bits per heavy atom. The summed E-state index contributed by atoms with van der Waals surface area (Å²) in [5, 5.41) is 11.3. The topological polar surface area (TPSA) is 109 Å². The molecule has 0 aliphatic carbocycles. The highest BCUT2D eigenvalue weighted by atomic mass is 32.1. The van der Waals surface area contributed by atoms with E-state index in [1.807, 2.05) is 13.8 Å². The Morgan fingerprint density at radius 3 is 2.60 bits per heavy atom. The molecular weight excluding hydrogens is 280 g/mol. The fraction of sp³-hybridized carbons (Fsp3) is 0.462. The Balaban J connectivity index is 2.81. The average Bonchev–Trinajstić information content (AvgIpc) is 2.70. The van der Waals surface area contributed by atoms with Crippen molar-refractivity contribution in [3.63, 3.8) is 0 Å². The fourth-order valence-corrected chi connectivity index (χ4v) is 2.75. The lowest BCUT2D eigenvalue weighted by molar-refractivity contribution is -0.140. The zero-order chi connectivity index (χ0) is 15.3. The Morgan fingerprint density at radius 1 is 1.45 bits per heavy atom. The van der Waals surface area contributed by atoms with Gasteiger partial charge in [0.15, 0.2) is 0 Å². The van der Waals surface area contributed by atoms with Crippen molar-refractivity contribution in [2.24, 2.45) is 5.73 Å². The van der Waals surface area contributed by atoms with E-state index in [-0.39, 0.29) is 0 Å². The van der Waals surface area contributed by atoms with E-state index in [1.165, 1.54) is 11.3 Å². The number of primary amides is 1. The molecule has 0 aromatic carbocycles. The summed E-state index contributed by atoms with van der Waals surface area (Å²) in [5.74, 6) is -2.54. The van der Waals surface area contributed by atoms with Crippen molar-refractivity contribution in [2.75, 3.05) is 0 Å². The first-order valence-corrected chi connectivity index (χ1v) is 7.08. The third-order valence-electron chi connectivity index (χ3n) is 2.77. The molecule has 6 nitrogen and oxygen atoms in total. The van der Waals surface area contributed by atoms with Gasteiger partial charge in [0, 0.05) is 4.88 Å². The average molecular weight is 298 g/mol. The second-order valence-corrected chi connectivity index (χ2v) is 5.73. The molecule has 0 saturated heterocycles. The van der Waals surface area contributed by atoms with E-state index < -0.39 is 30.2 Å². The maximum Gasteiger partial charge on any atom is 0.326 e. The summed E-state index contributed by atoms with van der Waals surface area (Å²) in [4.78, 5) is 35.2. The van der Waals surface area contributed by atoms with Crippen LogP contribution >= 0.6 is 11.3 Å². The monoisotopic (exact) mass is 298 g/mol. The van der Waals surface area contributed by atoms with Crippen molar-refractivity contribution in [3.8, 4) is 0 Å². The summed E-state index contributed by atoms with van der Waals surface area (Å²) in [7, 11) is 0. The summed E-state index contributed by atoms with van der Waals surface area (Å²) < 4.78 is 0. The number of carboxylic acids is 1. The Kier molecular flexibility index (Phi) is 5.69. The van der Waals surface area contributed by atoms with Crippen LogP contribution in [-0.4, -0.2) is 28.9 Å². The third kappa shape index (κ3) is 4.34. The third-order valence-corrected chi connectivity index (χ3v) is 3.86. The number of hydrogen-bond donors (Lipinski definition) is 3. The van der Waals surface area contributed by atoms with E-state index >= 15 is 0 Å². The van der Waals surface area contributed by atoms with Gasteiger partial charge in [-0.05, 0) is 25.0 Å². The Labute approximate surface area is 121 Å². The molecule has 0 aliphatic rings. The summed E-state index contributed by atoms with van der Waals surface area (Å²) in [6.45, 7) is 3.97. The van der Waals surface area contributed by atoms with Crippen LogP contribution in [0.15, 0.2) is 6.07 Å². The molecule has 0 unspecified atom stereocenters. The summed E-state index contributed by atoms with van der Waals surface area (Å²) >= 11 is 1.31. The molecule has 110 valence electrons. The van der Waals surface area contributed by atoms with Crippen LogP contribution in [0.3, 0.4) is 0 Å². The predicted octanol–water partition coefficient (Wildman–Crippen LogP) is 1.07. The second kappa shape index (κ2) is 7.04. The number of nitrogens with one attached hydrogen (secondary N) is 1. The van der Waals surface area contributed by atoms with Gasteiger partial charge in [-0.1, -0.05) is 13.3 Å². The molecule has 0 spiro atoms. The minimum Gasteiger partial charge on any atom is -0.480 e. The number of amides is 2. The van der Waals surface area contributed by atoms with Gasteiger partial charge < -0.3 is 16.2 Å². The number of aryl methyl sites for hydroxylation is 2. The smallest absolute Gasteiger partial charge is 0.326 e. The lowest BCUT2D eigenvalue weighted by atomic mass is 10.1. The number of carbonyl (C=O) groups excluding carboxylic acids is 2. The van der Waals surface area contributed by atoms with Crippen molar-refractivity contribution in [1.29, 1.82) is 0 Å². The summed E-state index contributed by atoms with van der Waals surface area (Å²) in [5.41, 5.74) is 6.05. The first-order chi connectivity index (χ1) is 9.35. The highest BCUT2D eigenvalue weighted by Gasteiger charge is 2.23. The molecule has 0 radical (unpaired) electrons. The van der Waals surface area contributed by atoms with Gasteiger partial charge >= 0.3 is 5.97 Å². The molecule has 0 fully saturated rings. The minimum absolute atomic E-state index is 0.423. The number of thiophene rings is 1. The van der Waals surface area contributed by atoms with Gasteiger partial charge in [0.1, 0.15) is 6.04 Å². The summed E-state index contributed by atoms with van der Waals surface area (Å²) in [6, 6.07) is 0.471. The molecule has 0 saturated carbocycles. The van der Waals surface area contributed by atoms with Gasteiger partial charge in [0.2, 0.25) is 5.91 Å². The number of carbonyl (C=O) groups is 3. The van der Waals surface area contributed by atoms with E-state index in [4.69, 9.17) is 10.8 Å². The van der Waals surface area contributed by atoms with Gasteiger partial charge in [-0.3, -0.25) is 9.59 Å². The molecule has 4 N–H and O–H groups in total. The Bertz CT molecular complexity index is 524. The number of carboxylic acid groups (broad SMARTS) is 1. The van der Waals surface area contributed by atoms with E-state index in [0.29, 0.717) is 4.88 Å². The van der Waals surface area contributed by atoms with Crippen molar-refractivity contribution in [3.05, 3.63) is 21.4 Å². The molecule has 1 heterocycles. The van der Waals surface area contributed by atoms with Crippen LogP contribution in [0.25, 0.3) is 0 Å². The lowest BCUT2D eigenvalue weighted by Gasteiger charge is -2.11. The first kappa shape index (κ1) is 16.2. The van der Waals surface area contributed by atoms with Crippen LogP contribution < -0.4 is 11.1 Å². The first-order valence-electron chi connectivity index (χ1n) is 6.26. The maximum atomic E-state index is 12.0. The number of rotatable bonds is 7. The van der Waals surface area contributed by atoms with E-state index in [9.17, 15) is 14.4 Å². The highest BCUT2D eigenvalue weighted by molar-refractivity contribution is 7.14. The van der Waals surface area contributed by atoms with Crippen LogP contribution in [0.5, 0.6) is 0 Å². The molecule has 20 heavy (non-hydrogen) atoms. The van der Waals surface area contributed by atoms with E-state index in [0.717, 1.165) is 23.3 Å². The number of hydrogen-bond acceptors (Lipinski definition) is 4. The van der Waals surface area contributed by atoms with Gasteiger partial charge in [-0.2, -0.15) is 0 Å². The zero-order valence-electron chi connectivity index (χ0n) is 11.4. The molecule has 2 amide bonds. The van der Waals surface area contributed by atoms with Gasteiger partial charge in [0.05, 0.1) is 11.3 Å². The van der Waals surface area contributed by atoms with Crippen LogP contribution in [0.1, 0.15) is 39.9 Å². The normalized spacial score (nSPS) is 11.9. The van der Waals surface area contributed by atoms with Gasteiger partial charge in [-0.25, -0.2) is 4.79 Å². The van der Waals surface area contributed by atoms with Gasteiger partial charge in [0.25, 0.3) is 5.91 Å². The lowest BCUT2D eigenvalue weighted by Crippen LogP contribution is -2.43. The molecule has 0 aliphatic heterocycles. The SMILES string of the molecule is CCCc1cc(C(=O)N[C@H](CC(N)=O)C(=O)O)sc1C. The molecule has 0 bridgehead atoms. The minimum atomic E-state index is -1.29. The summed E-state index contributed by atoms with van der Waals surface area (Å²) in [6.07, 6.45) is 1.42. The fourth-order valence-electron chi connectivity index (χ4n) is 1.78. The van der Waals surface area contributed by atoms with Crippen LogP contribution in [-0.2, 0) is 16.0 Å². The number of nitrogens with two attached hydrogens (primary N) is 1. The molecule has 7 heteroatoms. The molecule has 1 atom stereocenters. The van der Waals surface area contributed by atoms with Crippen molar-refractivity contribution >= 4 is 29.1 Å². The Hall–Kier alpha value is -1.89. The van der Waals surface area contributed by atoms with E-state index in [2.05, 4.69) is 5.32 Å². The largest absolute Gasteiger partial charge is 0.480 e. The van der Waals surface area contributed by atoms with Gasteiger partial charge in [-0.15, -0.1) is 11.3 Å². The van der Waals surface area contributed by atoms with Crippen molar-refractivity contribution < 1.29 is 19.5 Å². The predicted molar refractivity (Wildman–Crippen MR) is 75.8 cm³/mol. The molecule has 1 rings (SSSR count). The van der Waals surface area contributed by atoms with Crippen molar-refractivity contribution in [1.82, 2.24) is 5.32 Å². The van der Waals surface area contributed by atoms with Crippen molar-refractivity contribution in [2.45, 2.75) is 39.2 Å². The standard InChI is InChI=1S/C13H18N2O4S/c1-3-4-8-5-10(20-7(8)2)12(17)15-9(13(18)19)6-11(14)16/h5,9H,3-4,6H2,1-2H3,(H2,14,16)(H,15,17)(H,18,19)/t9-/m1/s1. The zero-order valence-corrected chi connectivity index (χ0v) is 12.3. The molecular formula is C13H18N2O4S.